The minimum Gasteiger partial charge on any atom is -0.363 e. The van der Waals surface area contributed by atoms with Crippen LogP contribution in [0.25, 0.3) is 0 Å². The molecule has 2 aliphatic carbocycles. The largest absolute Gasteiger partial charge is 0.363 e. The zero-order chi connectivity index (χ0) is 29.6. The first kappa shape index (κ1) is 29.6. The van der Waals surface area contributed by atoms with Crippen LogP contribution in [-0.4, -0.2) is 64.6 Å². The van der Waals surface area contributed by atoms with Crippen LogP contribution in [0.3, 0.4) is 0 Å². The van der Waals surface area contributed by atoms with Gasteiger partial charge in [-0.25, -0.2) is 4.79 Å². The predicted octanol–water partition coefficient (Wildman–Crippen LogP) is 1.69. The molecule has 5 N–H and O–H groups in total. The van der Waals surface area contributed by atoms with Gasteiger partial charge in [-0.1, -0.05) is 51.5 Å². The Morgan fingerprint density at radius 2 is 1.65 bits per heavy atom. The van der Waals surface area contributed by atoms with Gasteiger partial charge in [0, 0.05) is 12.1 Å². The van der Waals surface area contributed by atoms with Crippen molar-refractivity contribution >= 4 is 29.5 Å². The highest BCUT2D eigenvalue weighted by Crippen LogP contribution is 2.65. The topological polar surface area (TPSA) is 151 Å². The average molecular weight is 554 g/mol. The number of benzene rings is 1. The molecule has 1 aromatic carbocycles. The van der Waals surface area contributed by atoms with Crippen molar-refractivity contribution in [3.63, 3.8) is 0 Å². The Hall–Kier alpha value is -3.43. The van der Waals surface area contributed by atoms with Crippen molar-refractivity contribution in [2.75, 3.05) is 6.54 Å². The number of nitrogens with one attached hydrogen (secondary N) is 3. The summed E-state index contributed by atoms with van der Waals surface area (Å²) >= 11 is 0. The molecule has 10 heteroatoms. The quantitative estimate of drug-likeness (QED) is 0.343. The summed E-state index contributed by atoms with van der Waals surface area (Å²) in [6.07, 6.45) is 2.10. The SMILES string of the molecule is CCCC(NC(=O)[C@@H]1[C@@H]2[C@H](CN1C(=O)[C@@H](NC(=O)NC(C)(C)C)C1Cc3ccccc3C1)C2(C)C)C(=O)C(N)=O. The molecule has 1 saturated carbocycles. The summed E-state index contributed by atoms with van der Waals surface area (Å²) in [5.74, 6) is -2.86. The monoisotopic (exact) mass is 553 g/mol. The lowest BCUT2D eigenvalue weighted by atomic mass is 9.93. The van der Waals surface area contributed by atoms with Crippen LogP contribution in [0.5, 0.6) is 0 Å². The number of amides is 5. The highest BCUT2D eigenvalue weighted by atomic mass is 16.2. The molecule has 2 fully saturated rings. The van der Waals surface area contributed by atoms with Crippen LogP contribution in [0.2, 0.25) is 0 Å². The number of ketones is 1. The van der Waals surface area contributed by atoms with Crippen LogP contribution in [0.1, 0.15) is 65.5 Å². The molecule has 1 aliphatic heterocycles. The molecular formula is C30H43N5O5. The Kier molecular flexibility index (Phi) is 8.02. The summed E-state index contributed by atoms with van der Waals surface area (Å²) in [5, 5.41) is 8.56. The highest BCUT2D eigenvalue weighted by Gasteiger charge is 2.69. The maximum Gasteiger partial charge on any atom is 0.315 e. The number of hydrogen-bond acceptors (Lipinski definition) is 5. The molecule has 1 saturated heterocycles. The average Bonchev–Trinajstić information content (AvgIpc) is 3.24. The number of carbonyl (C=O) groups is 5. The van der Waals surface area contributed by atoms with E-state index < -0.39 is 47.3 Å². The number of primary amides is 1. The molecule has 0 bridgehead atoms. The Morgan fingerprint density at radius 1 is 1.05 bits per heavy atom. The number of Topliss-reactive ketones (excluding diaryl/α,β-unsaturated/α-hetero) is 1. The van der Waals surface area contributed by atoms with E-state index in [1.54, 1.807) is 4.90 Å². The van der Waals surface area contributed by atoms with Gasteiger partial charge in [0.15, 0.2) is 0 Å². The van der Waals surface area contributed by atoms with Gasteiger partial charge in [-0.2, -0.15) is 0 Å². The first-order valence-electron chi connectivity index (χ1n) is 14.3. The second-order valence-electron chi connectivity index (χ2n) is 13.2. The van der Waals surface area contributed by atoms with Gasteiger partial charge in [0.25, 0.3) is 5.91 Å². The zero-order valence-electron chi connectivity index (χ0n) is 24.4. The van der Waals surface area contributed by atoms with Crippen LogP contribution < -0.4 is 21.7 Å². The Morgan fingerprint density at radius 3 is 2.17 bits per heavy atom. The number of hydrogen-bond donors (Lipinski definition) is 4. The highest BCUT2D eigenvalue weighted by molar-refractivity contribution is 6.37. The fourth-order valence-corrected chi connectivity index (χ4v) is 6.71. The number of nitrogens with zero attached hydrogens (tertiary/aromatic N) is 1. The third kappa shape index (κ3) is 5.86. The van der Waals surface area contributed by atoms with E-state index in [-0.39, 0.29) is 35.5 Å². The van der Waals surface area contributed by atoms with Crippen molar-refractivity contribution < 1.29 is 24.0 Å². The van der Waals surface area contributed by atoms with Crippen LogP contribution in [0, 0.1) is 23.2 Å². The summed E-state index contributed by atoms with van der Waals surface area (Å²) < 4.78 is 0. The smallest absolute Gasteiger partial charge is 0.315 e. The van der Waals surface area contributed by atoms with Crippen molar-refractivity contribution in [1.82, 2.24) is 20.9 Å². The van der Waals surface area contributed by atoms with Gasteiger partial charge in [0.1, 0.15) is 12.1 Å². The number of rotatable bonds is 9. The molecule has 0 radical (unpaired) electrons. The van der Waals surface area contributed by atoms with E-state index in [0.717, 1.165) is 11.1 Å². The standard InChI is InChI=1S/C30H43N5O5/c1-7-10-20(24(36)25(31)37)32-26(38)23-21-19(30(21,5)6)15-35(23)27(39)22(33-28(40)34-29(2,3)4)18-13-16-11-8-9-12-17(16)14-18/h8-9,11-12,18-23H,7,10,13-15H2,1-6H3,(H2,31,37)(H,32,38)(H2,33,34,40)/t19-,20?,21-,22-,23-/m0/s1. The Balaban J connectivity index is 1.60. The van der Waals surface area contributed by atoms with E-state index in [1.807, 2.05) is 52.0 Å². The van der Waals surface area contributed by atoms with E-state index >= 15 is 0 Å². The second-order valence-corrected chi connectivity index (χ2v) is 13.2. The fourth-order valence-electron chi connectivity index (χ4n) is 6.71. The number of piperidine rings is 1. The van der Waals surface area contributed by atoms with E-state index in [9.17, 15) is 24.0 Å². The third-order valence-corrected chi connectivity index (χ3v) is 8.81. The molecule has 1 unspecified atom stereocenters. The molecule has 10 nitrogen and oxygen atoms in total. The summed E-state index contributed by atoms with van der Waals surface area (Å²) in [7, 11) is 0. The van der Waals surface area contributed by atoms with Crippen molar-refractivity contribution in [2.24, 2.45) is 28.9 Å². The molecular weight excluding hydrogens is 510 g/mol. The molecule has 5 amide bonds. The minimum absolute atomic E-state index is 0.0905. The van der Waals surface area contributed by atoms with E-state index in [2.05, 4.69) is 29.8 Å². The lowest BCUT2D eigenvalue weighted by Crippen LogP contribution is -2.61. The second kappa shape index (κ2) is 10.9. The molecule has 1 heterocycles. The fraction of sp³-hybridized carbons (Fsp3) is 0.633. The summed E-state index contributed by atoms with van der Waals surface area (Å²) in [6.45, 7) is 12.0. The number of likely N-dealkylation sites (tertiary alicyclic amines) is 1. The van der Waals surface area contributed by atoms with Crippen LogP contribution in [0.15, 0.2) is 24.3 Å². The first-order chi connectivity index (χ1) is 18.7. The third-order valence-electron chi connectivity index (χ3n) is 8.81. The number of fused-ring (bicyclic) bond motifs is 2. The molecule has 40 heavy (non-hydrogen) atoms. The van der Waals surface area contributed by atoms with E-state index in [4.69, 9.17) is 5.73 Å². The maximum absolute atomic E-state index is 14.3. The van der Waals surface area contributed by atoms with Gasteiger partial charge >= 0.3 is 6.03 Å². The summed E-state index contributed by atoms with van der Waals surface area (Å²) in [5.41, 5.74) is 6.88. The van der Waals surface area contributed by atoms with Crippen LogP contribution in [0.4, 0.5) is 4.79 Å². The summed E-state index contributed by atoms with van der Waals surface area (Å²) in [6, 6.07) is 4.88. The molecule has 5 atom stereocenters. The normalized spacial score (nSPS) is 24.4. The first-order valence-corrected chi connectivity index (χ1v) is 14.3. The van der Waals surface area contributed by atoms with Gasteiger partial charge in [0.2, 0.25) is 17.6 Å². The van der Waals surface area contributed by atoms with Crippen LogP contribution in [-0.2, 0) is 32.0 Å². The molecule has 4 rings (SSSR count). The zero-order valence-corrected chi connectivity index (χ0v) is 24.4. The van der Waals surface area contributed by atoms with Gasteiger partial charge < -0.3 is 26.6 Å². The van der Waals surface area contributed by atoms with Gasteiger partial charge in [-0.15, -0.1) is 0 Å². The van der Waals surface area contributed by atoms with Crippen molar-refractivity contribution in [2.45, 2.75) is 90.9 Å². The maximum atomic E-state index is 14.3. The van der Waals surface area contributed by atoms with Crippen molar-refractivity contribution in [1.29, 1.82) is 0 Å². The summed E-state index contributed by atoms with van der Waals surface area (Å²) in [4.78, 5) is 66.6. The van der Waals surface area contributed by atoms with Gasteiger partial charge in [0.05, 0.1) is 6.04 Å². The Bertz CT molecular complexity index is 1180. The van der Waals surface area contributed by atoms with Crippen LogP contribution >= 0.6 is 0 Å². The van der Waals surface area contributed by atoms with Crippen molar-refractivity contribution in [3.05, 3.63) is 35.4 Å². The number of nitrogens with two attached hydrogens (primary N) is 1. The molecule has 1 aromatic rings. The Labute approximate surface area is 236 Å². The molecule has 0 spiro atoms. The number of urea groups is 1. The van der Waals surface area contributed by atoms with Crippen molar-refractivity contribution in [3.8, 4) is 0 Å². The van der Waals surface area contributed by atoms with Gasteiger partial charge in [-0.3, -0.25) is 19.2 Å². The molecule has 3 aliphatic rings. The van der Waals surface area contributed by atoms with E-state index in [0.29, 0.717) is 25.8 Å². The number of carbonyl (C=O) groups excluding carboxylic acids is 5. The van der Waals surface area contributed by atoms with E-state index in [1.165, 1.54) is 0 Å². The molecule has 218 valence electrons. The minimum atomic E-state index is -1.10. The lowest BCUT2D eigenvalue weighted by molar-refractivity contribution is -0.144. The molecule has 0 aromatic heterocycles. The lowest BCUT2D eigenvalue weighted by Gasteiger charge is -2.35. The van der Waals surface area contributed by atoms with Gasteiger partial charge in [-0.05, 0) is 74.3 Å². The predicted molar refractivity (Wildman–Crippen MR) is 150 cm³/mol.